The lowest BCUT2D eigenvalue weighted by molar-refractivity contribution is -0.388. The van der Waals surface area contributed by atoms with Gasteiger partial charge in [0, 0.05) is 20.5 Å². The van der Waals surface area contributed by atoms with Gasteiger partial charge in [0.2, 0.25) is 11.6 Å². The molecule has 7 nitrogen and oxygen atoms in total. The lowest BCUT2D eigenvalue weighted by atomic mass is 10.4. The molecule has 0 saturated heterocycles. The molecule has 0 aliphatic rings. The summed E-state index contributed by atoms with van der Waals surface area (Å²) >= 11 is 0. The SMILES string of the molecule is C=C(C)COCCNc1c([N+](=O)[O-])nc(C)n1C. The maximum Gasteiger partial charge on any atom is 0.406 e. The lowest BCUT2D eigenvalue weighted by Crippen LogP contribution is -2.13. The van der Waals surface area contributed by atoms with Gasteiger partial charge in [-0.1, -0.05) is 12.2 Å². The fourth-order valence-corrected chi connectivity index (χ4v) is 1.41. The van der Waals surface area contributed by atoms with Crippen molar-refractivity contribution in [1.29, 1.82) is 0 Å². The van der Waals surface area contributed by atoms with Crippen LogP contribution < -0.4 is 5.32 Å². The molecule has 1 heterocycles. The van der Waals surface area contributed by atoms with Crippen molar-refractivity contribution in [2.45, 2.75) is 13.8 Å². The topological polar surface area (TPSA) is 82.2 Å². The number of nitro groups is 1. The highest BCUT2D eigenvalue weighted by molar-refractivity contribution is 5.53. The summed E-state index contributed by atoms with van der Waals surface area (Å²) in [5.41, 5.74) is 0.942. The van der Waals surface area contributed by atoms with E-state index in [-0.39, 0.29) is 5.82 Å². The zero-order chi connectivity index (χ0) is 13.7. The molecule has 0 bridgehead atoms. The monoisotopic (exact) mass is 254 g/mol. The van der Waals surface area contributed by atoms with Crippen LogP contribution in [0.4, 0.5) is 11.6 Å². The van der Waals surface area contributed by atoms with Gasteiger partial charge < -0.3 is 20.2 Å². The van der Waals surface area contributed by atoms with Gasteiger partial charge in [-0.15, -0.1) is 0 Å². The standard InChI is InChI=1S/C11H18N4O3/c1-8(2)7-18-6-5-12-10-11(15(16)17)13-9(3)14(10)4/h12H,1,5-7H2,2-4H3. The normalized spacial score (nSPS) is 10.4. The molecule has 0 atom stereocenters. The molecule has 0 unspecified atom stereocenters. The molecule has 0 radical (unpaired) electrons. The zero-order valence-corrected chi connectivity index (χ0v) is 10.9. The summed E-state index contributed by atoms with van der Waals surface area (Å²) in [7, 11) is 1.73. The number of hydrogen-bond donors (Lipinski definition) is 1. The maximum absolute atomic E-state index is 10.8. The molecule has 0 aliphatic heterocycles. The van der Waals surface area contributed by atoms with Crippen molar-refractivity contribution < 1.29 is 9.66 Å². The summed E-state index contributed by atoms with van der Waals surface area (Å²) in [6.07, 6.45) is 0. The zero-order valence-electron chi connectivity index (χ0n) is 10.9. The molecule has 0 amide bonds. The van der Waals surface area contributed by atoms with Crippen LogP contribution in [0.25, 0.3) is 0 Å². The molecule has 18 heavy (non-hydrogen) atoms. The van der Waals surface area contributed by atoms with E-state index in [0.717, 1.165) is 5.57 Å². The van der Waals surface area contributed by atoms with Gasteiger partial charge in [0.1, 0.15) is 0 Å². The van der Waals surface area contributed by atoms with Gasteiger partial charge in [-0.05, 0) is 16.8 Å². The van der Waals surface area contributed by atoms with Crippen LogP contribution in [0.3, 0.4) is 0 Å². The van der Waals surface area contributed by atoms with Crippen molar-refractivity contribution >= 4 is 11.6 Å². The third kappa shape index (κ3) is 3.56. The molecule has 7 heteroatoms. The van der Waals surface area contributed by atoms with Gasteiger partial charge in [0.25, 0.3) is 0 Å². The number of ether oxygens (including phenoxy) is 1. The van der Waals surface area contributed by atoms with Gasteiger partial charge >= 0.3 is 5.82 Å². The van der Waals surface area contributed by atoms with E-state index in [2.05, 4.69) is 16.9 Å². The van der Waals surface area contributed by atoms with Crippen LogP contribution in [0.15, 0.2) is 12.2 Å². The van der Waals surface area contributed by atoms with E-state index in [0.29, 0.717) is 31.4 Å². The van der Waals surface area contributed by atoms with E-state index < -0.39 is 4.92 Å². The molecular weight excluding hydrogens is 236 g/mol. The second kappa shape index (κ2) is 6.15. The first kappa shape index (κ1) is 14.2. The summed E-state index contributed by atoms with van der Waals surface area (Å²) in [6.45, 7) is 8.74. The predicted molar refractivity (Wildman–Crippen MR) is 68.7 cm³/mol. The average Bonchev–Trinajstić information content (AvgIpc) is 2.56. The van der Waals surface area contributed by atoms with Crippen molar-refractivity contribution in [1.82, 2.24) is 9.55 Å². The number of nitrogens with zero attached hydrogens (tertiary/aromatic N) is 3. The van der Waals surface area contributed by atoms with Crippen LogP contribution in [-0.2, 0) is 11.8 Å². The van der Waals surface area contributed by atoms with E-state index >= 15 is 0 Å². The van der Waals surface area contributed by atoms with Crippen LogP contribution in [-0.4, -0.2) is 34.2 Å². The van der Waals surface area contributed by atoms with Gasteiger partial charge in [0.15, 0.2) is 0 Å². The van der Waals surface area contributed by atoms with Gasteiger partial charge in [-0.25, -0.2) is 0 Å². The van der Waals surface area contributed by atoms with Crippen LogP contribution in [0.1, 0.15) is 12.7 Å². The van der Waals surface area contributed by atoms with E-state index in [1.54, 1.807) is 18.5 Å². The van der Waals surface area contributed by atoms with E-state index in [1.807, 2.05) is 6.92 Å². The highest BCUT2D eigenvalue weighted by Crippen LogP contribution is 2.23. The van der Waals surface area contributed by atoms with E-state index in [4.69, 9.17) is 4.74 Å². The highest BCUT2D eigenvalue weighted by Gasteiger charge is 2.22. The average molecular weight is 254 g/mol. The Balaban J connectivity index is 2.56. The Morgan fingerprint density at radius 2 is 2.33 bits per heavy atom. The molecular formula is C11H18N4O3. The van der Waals surface area contributed by atoms with Crippen molar-refractivity contribution in [3.8, 4) is 0 Å². The largest absolute Gasteiger partial charge is 0.406 e. The van der Waals surface area contributed by atoms with Crippen molar-refractivity contribution in [2.75, 3.05) is 25.1 Å². The quantitative estimate of drug-likeness (QED) is 0.346. The Morgan fingerprint density at radius 3 is 2.89 bits per heavy atom. The summed E-state index contributed by atoms with van der Waals surface area (Å²) in [6, 6.07) is 0. The van der Waals surface area contributed by atoms with Gasteiger partial charge in [-0.3, -0.25) is 4.57 Å². The third-order valence-corrected chi connectivity index (χ3v) is 2.36. The maximum atomic E-state index is 10.8. The first-order chi connectivity index (χ1) is 8.43. The van der Waals surface area contributed by atoms with Crippen molar-refractivity contribution in [3.05, 3.63) is 28.1 Å². The molecule has 0 saturated carbocycles. The Kier molecular flexibility index (Phi) is 4.85. The minimum absolute atomic E-state index is 0.157. The number of rotatable bonds is 7. The molecule has 0 aromatic carbocycles. The van der Waals surface area contributed by atoms with Crippen LogP contribution in [0.2, 0.25) is 0 Å². The summed E-state index contributed by atoms with van der Waals surface area (Å²) in [5.74, 6) is 0.832. The molecule has 1 rings (SSSR count). The van der Waals surface area contributed by atoms with Gasteiger partial charge in [0.05, 0.1) is 13.2 Å². The third-order valence-electron chi connectivity index (χ3n) is 2.36. The number of anilines is 1. The molecule has 1 N–H and O–H groups in total. The minimum Gasteiger partial charge on any atom is -0.375 e. The lowest BCUT2D eigenvalue weighted by Gasteiger charge is -2.07. The predicted octanol–water partition coefficient (Wildman–Crippen LogP) is 1.64. The molecule has 1 aromatic rings. The highest BCUT2D eigenvalue weighted by atomic mass is 16.6. The summed E-state index contributed by atoms with van der Waals surface area (Å²) in [5, 5.41) is 13.8. The molecule has 100 valence electrons. The Labute approximate surface area is 106 Å². The van der Waals surface area contributed by atoms with Crippen molar-refractivity contribution in [2.24, 2.45) is 7.05 Å². The second-order valence-corrected chi connectivity index (χ2v) is 4.08. The van der Waals surface area contributed by atoms with E-state index in [9.17, 15) is 10.1 Å². The van der Waals surface area contributed by atoms with Crippen LogP contribution in [0, 0.1) is 17.0 Å². The Morgan fingerprint density at radius 1 is 1.67 bits per heavy atom. The smallest absolute Gasteiger partial charge is 0.375 e. The number of nitrogens with one attached hydrogen (secondary N) is 1. The van der Waals surface area contributed by atoms with E-state index in [1.165, 1.54) is 0 Å². The fourth-order valence-electron chi connectivity index (χ4n) is 1.41. The molecule has 0 fully saturated rings. The number of hydrogen-bond acceptors (Lipinski definition) is 5. The summed E-state index contributed by atoms with van der Waals surface area (Å²) < 4.78 is 6.95. The van der Waals surface area contributed by atoms with Gasteiger partial charge in [-0.2, -0.15) is 0 Å². The number of imidazole rings is 1. The second-order valence-electron chi connectivity index (χ2n) is 4.08. The summed E-state index contributed by atoms with van der Waals surface area (Å²) in [4.78, 5) is 14.2. The Hall–Kier alpha value is -1.89. The molecule has 0 aliphatic carbocycles. The fraction of sp³-hybridized carbons (Fsp3) is 0.545. The first-order valence-corrected chi connectivity index (χ1v) is 5.57. The first-order valence-electron chi connectivity index (χ1n) is 5.57. The molecule has 1 aromatic heterocycles. The molecule has 0 spiro atoms. The van der Waals surface area contributed by atoms with Crippen molar-refractivity contribution in [3.63, 3.8) is 0 Å². The van der Waals surface area contributed by atoms with Crippen LogP contribution in [0.5, 0.6) is 0 Å². The number of aromatic nitrogens is 2. The minimum atomic E-state index is -0.496. The Bertz CT molecular complexity index is 453. The number of aryl methyl sites for hydroxylation is 1. The van der Waals surface area contributed by atoms with Crippen LogP contribution >= 0.6 is 0 Å².